The van der Waals surface area contributed by atoms with Gasteiger partial charge in [0.05, 0.1) is 6.07 Å². The molecule has 25 heavy (non-hydrogen) atoms. The maximum atomic E-state index is 12.8. The smallest absolute Gasteiger partial charge is 0.247 e. The lowest BCUT2D eigenvalue weighted by atomic mass is 9.93. The Labute approximate surface area is 146 Å². The van der Waals surface area contributed by atoms with E-state index in [1.165, 1.54) is 17.7 Å². The van der Waals surface area contributed by atoms with E-state index in [0.717, 1.165) is 43.0 Å². The van der Waals surface area contributed by atoms with Crippen molar-refractivity contribution in [2.45, 2.75) is 38.5 Å². The summed E-state index contributed by atoms with van der Waals surface area (Å²) in [4.78, 5) is 30.4. The van der Waals surface area contributed by atoms with Crippen molar-refractivity contribution in [3.8, 4) is 6.07 Å². The molecule has 1 fully saturated rings. The lowest BCUT2D eigenvalue weighted by Crippen LogP contribution is -2.37. The molecular weight excluding hydrogens is 314 g/mol. The third-order valence-corrected chi connectivity index (χ3v) is 5.44. The Hall–Kier alpha value is -2.61. The van der Waals surface area contributed by atoms with Gasteiger partial charge in [-0.05, 0) is 62.3 Å². The topological polar surface area (TPSA) is 77.0 Å². The van der Waals surface area contributed by atoms with E-state index in [9.17, 15) is 14.9 Å². The van der Waals surface area contributed by atoms with Crippen molar-refractivity contribution in [2.75, 3.05) is 13.1 Å². The van der Waals surface area contributed by atoms with E-state index < -0.39 is 5.92 Å². The molecule has 2 aliphatic rings. The van der Waals surface area contributed by atoms with Gasteiger partial charge in [0, 0.05) is 35.2 Å². The van der Waals surface area contributed by atoms with E-state index in [1.54, 1.807) is 11.0 Å². The van der Waals surface area contributed by atoms with Gasteiger partial charge >= 0.3 is 0 Å². The molecule has 0 saturated carbocycles. The van der Waals surface area contributed by atoms with Crippen LogP contribution in [0.5, 0.6) is 0 Å². The number of likely N-dealkylation sites (tertiary alicyclic amines) is 1. The lowest BCUT2D eigenvalue weighted by molar-refractivity contribution is -0.131. The molecule has 5 nitrogen and oxygen atoms in total. The average Bonchev–Trinajstić information content (AvgIpc) is 3.29. The second-order valence-corrected chi connectivity index (χ2v) is 7.01. The first-order valence-corrected chi connectivity index (χ1v) is 9.05. The molecule has 1 N–H and O–H groups in total. The van der Waals surface area contributed by atoms with Crippen LogP contribution in [0.3, 0.4) is 0 Å². The van der Waals surface area contributed by atoms with Crippen molar-refractivity contribution >= 4 is 22.6 Å². The molecule has 0 bridgehead atoms. The number of rotatable bonds is 3. The first-order chi connectivity index (χ1) is 12.2. The second-order valence-electron chi connectivity index (χ2n) is 7.01. The van der Waals surface area contributed by atoms with Gasteiger partial charge in [0.1, 0.15) is 0 Å². The zero-order valence-electron chi connectivity index (χ0n) is 14.2. The molecule has 1 saturated heterocycles. The fourth-order valence-corrected chi connectivity index (χ4v) is 4.07. The number of aromatic amines is 1. The van der Waals surface area contributed by atoms with Crippen LogP contribution in [-0.4, -0.2) is 34.7 Å². The van der Waals surface area contributed by atoms with Crippen LogP contribution >= 0.6 is 0 Å². The highest BCUT2D eigenvalue weighted by Gasteiger charge is 2.33. The van der Waals surface area contributed by atoms with E-state index >= 15 is 0 Å². The quantitative estimate of drug-likeness (QED) is 0.692. The molecule has 0 radical (unpaired) electrons. The van der Waals surface area contributed by atoms with Gasteiger partial charge in [-0.25, -0.2) is 0 Å². The number of fused-ring (bicyclic) bond motifs is 3. The number of benzene rings is 1. The Morgan fingerprint density at radius 2 is 1.88 bits per heavy atom. The van der Waals surface area contributed by atoms with Gasteiger partial charge in [-0.15, -0.1) is 0 Å². The minimum Gasteiger partial charge on any atom is -0.358 e. The molecule has 1 aromatic heterocycles. The fraction of sp³-hybridized carbons (Fsp3) is 0.450. The summed E-state index contributed by atoms with van der Waals surface area (Å²) in [6, 6.07) is 7.42. The van der Waals surface area contributed by atoms with E-state index in [1.807, 2.05) is 18.2 Å². The summed E-state index contributed by atoms with van der Waals surface area (Å²) < 4.78 is 0. The predicted octanol–water partition coefficient (Wildman–Crippen LogP) is 2.99. The summed E-state index contributed by atoms with van der Waals surface area (Å²) >= 11 is 0. The van der Waals surface area contributed by atoms with Crippen LogP contribution < -0.4 is 0 Å². The molecule has 128 valence electrons. The predicted molar refractivity (Wildman–Crippen MR) is 94.2 cm³/mol. The number of aromatic nitrogens is 1. The summed E-state index contributed by atoms with van der Waals surface area (Å²) in [6.45, 7) is 1.29. The summed E-state index contributed by atoms with van der Waals surface area (Å²) in [6.07, 6.45) is 6.29. The first-order valence-electron chi connectivity index (χ1n) is 9.05. The van der Waals surface area contributed by atoms with Gasteiger partial charge in [-0.2, -0.15) is 5.26 Å². The van der Waals surface area contributed by atoms with Crippen molar-refractivity contribution in [1.29, 1.82) is 5.26 Å². The standard InChI is InChI=1S/C20H21N3O2/c21-12-16(20(25)23-9-3-4-10-23)19(24)13-7-8-18-15(11-13)14-5-1-2-6-17(14)22-18/h7-8,11,16,22H,1-6,9-10H2/t16-/m1/s1. The van der Waals surface area contributed by atoms with Gasteiger partial charge < -0.3 is 9.88 Å². The van der Waals surface area contributed by atoms with Crippen LogP contribution in [0.15, 0.2) is 18.2 Å². The fourth-order valence-electron chi connectivity index (χ4n) is 4.07. The zero-order chi connectivity index (χ0) is 17.4. The van der Waals surface area contributed by atoms with Crippen molar-refractivity contribution in [3.05, 3.63) is 35.0 Å². The van der Waals surface area contributed by atoms with Crippen molar-refractivity contribution in [3.63, 3.8) is 0 Å². The molecule has 2 heterocycles. The van der Waals surface area contributed by atoms with Crippen LogP contribution in [-0.2, 0) is 17.6 Å². The maximum Gasteiger partial charge on any atom is 0.247 e. The average molecular weight is 335 g/mol. The second kappa shape index (κ2) is 6.36. The molecule has 4 rings (SSSR count). The zero-order valence-corrected chi connectivity index (χ0v) is 14.2. The van der Waals surface area contributed by atoms with Gasteiger partial charge in [-0.1, -0.05) is 0 Å². The number of nitrogens with zero attached hydrogens (tertiary/aromatic N) is 2. The Morgan fingerprint density at radius 1 is 1.12 bits per heavy atom. The number of nitrogens with one attached hydrogen (secondary N) is 1. The normalized spacial score (nSPS) is 18.0. The third kappa shape index (κ3) is 2.72. The number of carbonyl (C=O) groups excluding carboxylic acids is 2. The van der Waals surface area contributed by atoms with Crippen LogP contribution in [0.4, 0.5) is 0 Å². The van der Waals surface area contributed by atoms with E-state index in [2.05, 4.69) is 4.98 Å². The summed E-state index contributed by atoms with van der Waals surface area (Å²) in [5.41, 5.74) is 4.04. The molecule has 1 amide bonds. The first kappa shape index (κ1) is 15.9. The highest BCUT2D eigenvalue weighted by Crippen LogP contribution is 2.30. The maximum absolute atomic E-state index is 12.8. The molecule has 2 aromatic rings. The molecule has 0 unspecified atom stereocenters. The Bertz CT molecular complexity index is 884. The van der Waals surface area contributed by atoms with Crippen molar-refractivity contribution in [2.24, 2.45) is 5.92 Å². The minimum absolute atomic E-state index is 0.346. The molecule has 1 aliphatic heterocycles. The number of Topliss-reactive ketones (excluding diaryl/α,β-unsaturated/α-hetero) is 1. The Balaban J connectivity index is 1.66. The van der Waals surface area contributed by atoms with Crippen LogP contribution in [0.1, 0.15) is 47.3 Å². The summed E-state index contributed by atoms with van der Waals surface area (Å²) in [7, 11) is 0. The van der Waals surface area contributed by atoms with Gasteiger partial charge in [0.15, 0.2) is 11.7 Å². The van der Waals surface area contributed by atoms with E-state index in [0.29, 0.717) is 18.7 Å². The largest absolute Gasteiger partial charge is 0.358 e. The number of aryl methyl sites for hydroxylation is 2. The number of ketones is 1. The molecule has 0 spiro atoms. The van der Waals surface area contributed by atoms with Crippen molar-refractivity contribution in [1.82, 2.24) is 9.88 Å². The summed E-state index contributed by atoms with van der Waals surface area (Å²) in [5, 5.41) is 10.5. The molecule has 5 heteroatoms. The summed E-state index contributed by atoms with van der Waals surface area (Å²) in [5.74, 6) is -1.96. The molecular formula is C20H21N3O2. The number of hydrogen-bond acceptors (Lipinski definition) is 3. The molecule has 1 aliphatic carbocycles. The van der Waals surface area contributed by atoms with Crippen LogP contribution in [0.2, 0.25) is 0 Å². The lowest BCUT2D eigenvalue weighted by Gasteiger charge is -2.18. The number of nitriles is 1. The monoisotopic (exact) mass is 335 g/mol. The number of amides is 1. The Kier molecular flexibility index (Phi) is 4.04. The van der Waals surface area contributed by atoms with Crippen LogP contribution in [0.25, 0.3) is 10.9 Å². The molecule has 1 atom stereocenters. The highest BCUT2D eigenvalue weighted by molar-refractivity contribution is 6.13. The minimum atomic E-state index is -1.23. The van der Waals surface area contributed by atoms with Crippen LogP contribution in [0, 0.1) is 17.2 Å². The van der Waals surface area contributed by atoms with E-state index in [-0.39, 0.29) is 11.7 Å². The third-order valence-electron chi connectivity index (χ3n) is 5.44. The molecule has 1 aromatic carbocycles. The van der Waals surface area contributed by atoms with Gasteiger partial charge in [-0.3, -0.25) is 9.59 Å². The number of hydrogen-bond donors (Lipinski definition) is 1. The Morgan fingerprint density at radius 3 is 2.64 bits per heavy atom. The SMILES string of the molecule is N#C[C@H](C(=O)c1ccc2[nH]c3c(c2c1)CCCC3)C(=O)N1CCCC1. The van der Waals surface area contributed by atoms with Crippen molar-refractivity contribution < 1.29 is 9.59 Å². The highest BCUT2D eigenvalue weighted by atomic mass is 16.2. The van der Waals surface area contributed by atoms with E-state index in [4.69, 9.17) is 0 Å². The number of carbonyl (C=O) groups is 2. The number of H-pyrrole nitrogens is 1. The van der Waals surface area contributed by atoms with Gasteiger partial charge in [0.2, 0.25) is 5.91 Å². The van der Waals surface area contributed by atoms with Gasteiger partial charge in [0.25, 0.3) is 0 Å².